The van der Waals surface area contributed by atoms with Gasteiger partial charge in [0.25, 0.3) is 0 Å². The number of aliphatic carboxylic acids is 3. The highest BCUT2D eigenvalue weighted by atomic mass is 32.1. The lowest BCUT2D eigenvalue weighted by atomic mass is 9.99. The Morgan fingerprint density at radius 2 is 1.11 bits per heavy atom. The van der Waals surface area contributed by atoms with Gasteiger partial charge in [0, 0.05) is 18.6 Å². The van der Waals surface area contributed by atoms with Gasteiger partial charge in [-0.05, 0) is 56.0 Å². The number of carboxylic acid groups (broad SMARTS) is 3. The first kappa shape index (κ1) is 57.2. The van der Waals surface area contributed by atoms with Crippen LogP contribution >= 0.6 is 12.6 Å². The third-order valence-corrected chi connectivity index (χ3v) is 10.1. The van der Waals surface area contributed by atoms with E-state index in [-0.39, 0.29) is 43.9 Å². The number of carboxylic acids is 3. The topological polar surface area (TPSA) is 388 Å². The summed E-state index contributed by atoms with van der Waals surface area (Å²) in [5.41, 5.74) is 11.7. The van der Waals surface area contributed by atoms with Gasteiger partial charge in [-0.3, -0.25) is 43.2 Å². The Hall–Kier alpha value is -5.85. The number of aliphatic hydroxyl groups excluding tert-OH is 1. The first-order valence-electron chi connectivity index (χ1n) is 21.0. The number of rotatable bonds is 31. The Bertz CT molecular complexity index is 1790. The fourth-order valence-electron chi connectivity index (χ4n) is 6.13. The summed E-state index contributed by atoms with van der Waals surface area (Å²) in [6.45, 7) is 5.75. The van der Waals surface area contributed by atoms with Crippen molar-refractivity contribution < 1.29 is 68.4 Å². The Morgan fingerprint density at radius 3 is 1.63 bits per heavy atom. The molecule has 0 saturated heterocycles. The zero-order valence-electron chi connectivity index (χ0n) is 36.9. The molecule has 24 heteroatoms. The van der Waals surface area contributed by atoms with Gasteiger partial charge in [-0.25, -0.2) is 4.79 Å². The minimum absolute atomic E-state index is 0.0253. The van der Waals surface area contributed by atoms with Gasteiger partial charge in [0.15, 0.2) is 0 Å². The van der Waals surface area contributed by atoms with E-state index in [1.165, 1.54) is 0 Å². The molecule has 8 atom stereocenters. The maximum Gasteiger partial charge on any atom is 0.326 e. The van der Waals surface area contributed by atoms with Crippen LogP contribution < -0.4 is 48.7 Å². The summed E-state index contributed by atoms with van der Waals surface area (Å²) in [5, 5.41) is 55.4. The summed E-state index contributed by atoms with van der Waals surface area (Å²) in [5.74, 6) is -12.1. The van der Waals surface area contributed by atoms with Crippen LogP contribution in [0.4, 0.5) is 0 Å². The van der Waals surface area contributed by atoms with Gasteiger partial charge in [-0.2, -0.15) is 12.6 Å². The summed E-state index contributed by atoms with van der Waals surface area (Å²) < 4.78 is 0. The summed E-state index contributed by atoms with van der Waals surface area (Å²) in [4.78, 5) is 129. The van der Waals surface area contributed by atoms with E-state index in [1.807, 2.05) is 0 Å². The van der Waals surface area contributed by atoms with Crippen molar-refractivity contribution in [2.24, 2.45) is 23.3 Å². The zero-order valence-corrected chi connectivity index (χ0v) is 37.8. The molecule has 0 bridgehead atoms. The molecule has 0 aliphatic heterocycles. The van der Waals surface area contributed by atoms with Gasteiger partial charge < -0.3 is 69.1 Å². The molecule has 23 nitrogen and oxygen atoms in total. The van der Waals surface area contributed by atoms with E-state index >= 15 is 0 Å². The molecule has 0 saturated carbocycles. The van der Waals surface area contributed by atoms with E-state index < -0.39 is 133 Å². The first-order valence-corrected chi connectivity index (χ1v) is 21.7. The van der Waals surface area contributed by atoms with Crippen LogP contribution in [-0.4, -0.2) is 147 Å². The van der Waals surface area contributed by atoms with Crippen LogP contribution in [0, 0.1) is 11.8 Å². The number of unbranched alkanes of at least 4 members (excludes halogenated alkanes) is 1. The minimum atomic E-state index is -1.89. The zero-order chi connectivity index (χ0) is 49.4. The number of benzene rings is 1. The van der Waals surface area contributed by atoms with E-state index in [0.29, 0.717) is 18.4 Å². The number of amides is 7. The van der Waals surface area contributed by atoms with Gasteiger partial charge >= 0.3 is 17.9 Å². The van der Waals surface area contributed by atoms with Crippen molar-refractivity contribution in [2.75, 3.05) is 18.9 Å². The van der Waals surface area contributed by atoms with Crippen LogP contribution in [0.1, 0.15) is 78.2 Å². The third kappa shape index (κ3) is 21.6. The van der Waals surface area contributed by atoms with Gasteiger partial charge in [0.2, 0.25) is 41.4 Å². The number of hydrogen-bond donors (Lipinski definition) is 14. The second-order valence-electron chi connectivity index (χ2n) is 16.0. The number of hydrogen-bond acceptors (Lipinski definition) is 14. The smallest absolute Gasteiger partial charge is 0.326 e. The van der Waals surface area contributed by atoms with Crippen LogP contribution in [0.5, 0.6) is 0 Å². The van der Waals surface area contributed by atoms with Crippen LogP contribution in [0.25, 0.3) is 0 Å². The van der Waals surface area contributed by atoms with Crippen molar-refractivity contribution in [3.8, 4) is 0 Å². The van der Waals surface area contributed by atoms with Crippen molar-refractivity contribution in [2.45, 2.75) is 127 Å². The highest BCUT2D eigenvalue weighted by molar-refractivity contribution is 7.80. The van der Waals surface area contributed by atoms with Crippen LogP contribution in [0.3, 0.4) is 0 Å². The fraction of sp³-hybridized carbons (Fsp3) is 0.610. The van der Waals surface area contributed by atoms with Crippen molar-refractivity contribution in [3.63, 3.8) is 0 Å². The maximum atomic E-state index is 13.7. The molecule has 7 amide bonds. The van der Waals surface area contributed by atoms with Gasteiger partial charge in [0.1, 0.15) is 42.3 Å². The molecular weight excluding hydrogens is 875 g/mol. The summed E-state index contributed by atoms with van der Waals surface area (Å²) in [7, 11) is 0. The molecule has 364 valence electrons. The maximum absolute atomic E-state index is 13.7. The number of carbonyl (C=O) groups is 10. The molecule has 0 aliphatic carbocycles. The number of thiol groups is 1. The molecule has 0 heterocycles. The molecule has 1 aromatic carbocycles. The summed E-state index contributed by atoms with van der Waals surface area (Å²) >= 11 is 3.95. The molecule has 0 radical (unpaired) electrons. The Kier molecular flexibility index (Phi) is 26.0. The predicted octanol–water partition coefficient (Wildman–Crippen LogP) is -2.87. The number of nitrogens with two attached hydrogens (primary N) is 2. The predicted molar refractivity (Wildman–Crippen MR) is 237 cm³/mol. The minimum Gasteiger partial charge on any atom is -0.481 e. The van der Waals surface area contributed by atoms with E-state index in [4.69, 9.17) is 11.5 Å². The van der Waals surface area contributed by atoms with E-state index in [0.717, 1.165) is 0 Å². The standard InChI is InChI=1S/C41H65N9O14S/c1-21(2)16-27(48-40(62)33(22(3)4)50-35(57)25(13-14-31(52)53)44-34(56)24(43)20-65)36(58)49-30(19-51)39(61)47-29(18-32(54)55)38(60)46-28(17-23-10-6-5-7-11-23)37(59)45-26(41(63)64)12-8-9-15-42/h5-7,10-11,21-22,24-30,33,51,65H,8-9,12-20,42-43H2,1-4H3,(H,44,56)(H,45,59)(H,46,60)(H,47,61)(H,48,62)(H,49,58)(H,50,57)(H,52,53)(H,54,55)(H,63,64)/t24-,25-,26-,27-,28-,29-,30-,33-/m0/s1. The Balaban J connectivity index is 3.32. The molecular formula is C41H65N9O14S. The summed E-state index contributed by atoms with van der Waals surface area (Å²) in [6, 6.07) is -3.56. The van der Waals surface area contributed by atoms with E-state index in [2.05, 4.69) is 49.8 Å². The molecule has 65 heavy (non-hydrogen) atoms. The molecule has 0 unspecified atom stereocenters. The number of carbonyl (C=O) groups excluding carboxylic acids is 7. The Morgan fingerprint density at radius 1 is 0.600 bits per heavy atom. The molecule has 0 spiro atoms. The average molecular weight is 940 g/mol. The van der Waals surface area contributed by atoms with Gasteiger partial charge in [0.05, 0.1) is 19.1 Å². The fourth-order valence-corrected chi connectivity index (χ4v) is 6.29. The quantitative estimate of drug-likeness (QED) is 0.0263. The number of aliphatic hydroxyl groups is 1. The largest absolute Gasteiger partial charge is 0.481 e. The van der Waals surface area contributed by atoms with Gasteiger partial charge in [-0.15, -0.1) is 0 Å². The van der Waals surface area contributed by atoms with E-state index in [9.17, 15) is 68.4 Å². The SMILES string of the molecule is CC(C)C[C@H](NC(=O)[C@@H](NC(=O)[C@H](CCC(=O)O)NC(=O)[C@@H](N)CS)C(C)C)C(=O)N[C@@H](CO)C(=O)N[C@@H](CC(=O)O)C(=O)N[C@@H](Cc1ccccc1)C(=O)N[C@@H](CCCCN)C(=O)O. The van der Waals surface area contributed by atoms with E-state index in [1.54, 1.807) is 58.0 Å². The molecule has 0 aromatic heterocycles. The lowest BCUT2D eigenvalue weighted by Gasteiger charge is -2.29. The number of nitrogens with one attached hydrogen (secondary N) is 7. The molecule has 15 N–H and O–H groups in total. The highest BCUT2D eigenvalue weighted by Gasteiger charge is 2.36. The monoisotopic (exact) mass is 939 g/mol. The van der Waals surface area contributed by atoms with Crippen LogP contribution in [-0.2, 0) is 54.4 Å². The molecule has 0 fully saturated rings. The highest BCUT2D eigenvalue weighted by Crippen LogP contribution is 2.11. The van der Waals surface area contributed by atoms with Crippen LogP contribution in [0.15, 0.2) is 30.3 Å². The van der Waals surface area contributed by atoms with Crippen molar-refractivity contribution in [1.29, 1.82) is 0 Å². The lowest BCUT2D eigenvalue weighted by molar-refractivity contribution is -0.143. The normalized spacial score (nSPS) is 14.8. The second-order valence-corrected chi connectivity index (χ2v) is 16.4. The molecule has 1 rings (SSSR count). The average Bonchev–Trinajstić information content (AvgIpc) is 3.23. The van der Waals surface area contributed by atoms with Crippen molar-refractivity contribution >= 4 is 71.9 Å². The van der Waals surface area contributed by atoms with Crippen molar-refractivity contribution in [3.05, 3.63) is 35.9 Å². The second kappa shape index (κ2) is 29.6. The summed E-state index contributed by atoms with van der Waals surface area (Å²) in [6.07, 6.45) is -1.25. The van der Waals surface area contributed by atoms with Crippen LogP contribution in [0.2, 0.25) is 0 Å². The first-order chi connectivity index (χ1) is 30.5. The van der Waals surface area contributed by atoms with Crippen molar-refractivity contribution in [1.82, 2.24) is 37.2 Å². The molecule has 0 aliphatic rings. The lowest BCUT2D eigenvalue weighted by Crippen LogP contribution is -2.61. The Labute approximate surface area is 382 Å². The molecule has 1 aromatic rings. The third-order valence-electron chi connectivity index (χ3n) is 9.70. The van der Waals surface area contributed by atoms with Gasteiger partial charge in [-0.1, -0.05) is 58.0 Å².